The van der Waals surface area contributed by atoms with Gasteiger partial charge in [0.05, 0.1) is 0 Å². The summed E-state index contributed by atoms with van der Waals surface area (Å²) in [7, 11) is 0. The van der Waals surface area contributed by atoms with Gasteiger partial charge in [0, 0.05) is 23.0 Å². The lowest BCUT2D eigenvalue weighted by Crippen LogP contribution is -1.93. The van der Waals surface area contributed by atoms with Gasteiger partial charge in [0.1, 0.15) is 5.65 Å². The molecule has 2 heteroatoms. The maximum atomic E-state index is 4.57. The van der Waals surface area contributed by atoms with Gasteiger partial charge in [0.25, 0.3) is 0 Å². The van der Waals surface area contributed by atoms with E-state index in [0.29, 0.717) is 0 Å². The predicted octanol–water partition coefficient (Wildman–Crippen LogP) is 4.36. The average Bonchev–Trinajstić information content (AvgIpc) is 2.85. The van der Waals surface area contributed by atoms with E-state index in [1.165, 1.54) is 5.39 Å². The highest BCUT2D eigenvalue weighted by Gasteiger charge is 2.03. The van der Waals surface area contributed by atoms with Gasteiger partial charge in [-0.3, -0.25) is 0 Å². The number of pyridine rings is 1. The van der Waals surface area contributed by atoms with Crippen molar-refractivity contribution in [2.24, 2.45) is 0 Å². The summed E-state index contributed by atoms with van der Waals surface area (Å²) in [5.74, 6) is 0. The second-order valence-corrected chi connectivity index (χ2v) is 3.89. The van der Waals surface area contributed by atoms with E-state index in [1.54, 1.807) is 0 Å². The minimum absolute atomic E-state index is 1.02. The molecule has 2 heterocycles. The fourth-order valence-electron chi connectivity index (χ4n) is 1.90. The first-order valence-corrected chi connectivity index (χ1v) is 6.35. The molecule has 0 aliphatic heterocycles. The third-order valence-corrected chi connectivity index (χ3v) is 2.71. The Hall–Kier alpha value is -2.09. The molecule has 3 aromatic rings. The zero-order valence-corrected chi connectivity index (χ0v) is 11.1. The van der Waals surface area contributed by atoms with Crippen molar-refractivity contribution in [3.8, 4) is 5.69 Å². The van der Waals surface area contributed by atoms with Crippen LogP contribution in [0.5, 0.6) is 0 Å². The molecule has 18 heavy (non-hydrogen) atoms. The van der Waals surface area contributed by atoms with Crippen LogP contribution in [0.3, 0.4) is 0 Å². The van der Waals surface area contributed by atoms with Crippen LogP contribution < -0.4 is 0 Å². The highest BCUT2D eigenvalue weighted by atomic mass is 15.0. The van der Waals surface area contributed by atoms with Gasteiger partial charge in [0.2, 0.25) is 0 Å². The smallest absolute Gasteiger partial charge is 0.144 e. The summed E-state index contributed by atoms with van der Waals surface area (Å²) in [6.45, 7) is 6.02. The van der Waals surface area contributed by atoms with Crippen molar-refractivity contribution in [2.75, 3.05) is 0 Å². The van der Waals surface area contributed by atoms with Crippen LogP contribution in [0, 0.1) is 6.92 Å². The van der Waals surface area contributed by atoms with Crippen LogP contribution in [0.25, 0.3) is 16.7 Å². The number of fused-ring (bicyclic) bond motifs is 1. The lowest BCUT2D eigenvalue weighted by Gasteiger charge is -2.04. The molecule has 0 amide bonds. The third kappa shape index (κ3) is 2.28. The molecule has 92 valence electrons. The number of hydrogen-bond donors (Lipinski definition) is 0. The van der Waals surface area contributed by atoms with E-state index in [1.807, 2.05) is 45.0 Å². The van der Waals surface area contributed by atoms with Gasteiger partial charge in [-0.15, -0.1) is 0 Å². The first kappa shape index (κ1) is 12.4. The molecule has 2 nitrogen and oxygen atoms in total. The second-order valence-electron chi connectivity index (χ2n) is 3.89. The molecule has 0 aliphatic carbocycles. The molecule has 0 saturated carbocycles. The molecule has 0 saturated heterocycles. The zero-order chi connectivity index (χ0) is 13.0. The first-order chi connectivity index (χ1) is 8.84. The Labute approximate surface area is 108 Å². The number of aromatic nitrogens is 2. The van der Waals surface area contributed by atoms with Crippen LogP contribution in [0.15, 0.2) is 54.7 Å². The quantitative estimate of drug-likeness (QED) is 0.616. The van der Waals surface area contributed by atoms with Crippen LogP contribution >= 0.6 is 0 Å². The van der Waals surface area contributed by atoms with Gasteiger partial charge in [-0.25, -0.2) is 4.98 Å². The second kappa shape index (κ2) is 5.50. The molecule has 0 N–H and O–H groups in total. The molecule has 0 fully saturated rings. The average molecular weight is 238 g/mol. The fraction of sp³-hybridized carbons (Fsp3) is 0.188. The molecule has 0 radical (unpaired) electrons. The van der Waals surface area contributed by atoms with Gasteiger partial charge < -0.3 is 4.57 Å². The van der Waals surface area contributed by atoms with E-state index in [9.17, 15) is 0 Å². The Bertz CT molecular complexity index is 624. The number of hydrogen-bond acceptors (Lipinski definition) is 1. The lowest BCUT2D eigenvalue weighted by molar-refractivity contribution is 1.08. The van der Waals surface area contributed by atoms with E-state index in [2.05, 4.69) is 40.0 Å². The van der Waals surface area contributed by atoms with Crippen LogP contribution in [0.2, 0.25) is 0 Å². The van der Waals surface area contributed by atoms with Gasteiger partial charge in [-0.1, -0.05) is 32.0 Å². The van der Waals surface area contributed by atoms with E-state index in [4.69, 9.17) is 0 Å². The third-order valence-electron chi connectivity index (χ3n) is 2.71. The minimum atomic E-state index is 1.02. The van der Waals surface area contributed by atoms with Crippen LogP contribution in [0.4, 0.5) is 0 Å². The molecule has 1 aromatic carbocycles. The first-order valence-electron chi connectivity index (χ1n) is 6.35. The van der Waals surface area contributed by atoms with E-state index in [-0.39, 0.29) is 0 Å². The van der Waals surface area contributed by atoms with Gasteiger partial charge in [-0.05, 0) is 37.3 Å². The summed E-state index contributed by atoms with van der Waals surface area (Å²) in [5.41, 5.74) is 3.21. The number of rotatable bonds is 1. The number of benzene rings is 1. The summed E-state index contributed by atoms with van der Waals surface area (Å²) in [4.78, 5) is 4.57. The maximum Gasteiger partial charge on any atom is 0.144 e. The summed E-state index contributed by atoms with van der Waals surface area (Å²) >= 11 is 0. The van der Waals surface area contributed by atoms with Gasteiger partial charge >= 0.3 is 0 Å². The van der Waals surface area contributed by atoms with Crippen molar-refractivity contribution in [2.45, 2.75) is 20.8 Å². The summed E-state index contributed by atoms with van der Waals surface area (Å²) in [6.07, 6.45) is 2.06. The molecule has 0 bridgehead atoms. The summed E-state index contributed by atoms with van der Waals surface area (Å²) in [6, 6.07) is 16.5. The molecular weight excluding hydrogens is 220 g/mol. The molecule has 0 aliphatic rings. The molecule has 3 rings (SSSR count). The van der Waals surface area contributed by atoms with Crippen LogP contribution in [-0.4, -0.2) is 9.55 Å². The van der Waals surface area contributed by atoms with Crippen LogP contribution in [0.1, 0.15) is 19.5 Å². The largest absolute Gasteiger partial charge is 0.301 e. The Balaban J connectivity index is 0.000000574. The number of aryl methyl sites for hydroxylation is 1. The minimum Gasteiger partial charge on any atom is -0.301 e. The van der Waals surface area contributed by atoms with Crippen LogP contribution in [-0.2, 0) is 0 Å². The Morgan fingerprint density at radius 1 is 0.889 bits per heavy atom. The van der Waals surface area contributed by atoms with Crippen molar-refractivity contribution in [1.82, 2.24) is 9.55 Å². The number of para-hydroxylation sites is 1. The molecule has 0 spiro atoms. The van der Waals surface area contributed by atoms with E-state index < -0.39 is 0 Å². The lowest BCUT2D eigenvalue weighted by atomic mass is 10.3. The van der Waals surface area contributed by atoms with Crippen molar-refractivity contribution in [3.05, 3.63) is 60.4 Å². The summed E-state index contributed by atoms with van der Waals surface area (Å²) in [5, 5.41) is 1.18. The fourth-order valence-corrected chi connectivity index (χ4v) is 1.90. The van der Waals surface area contributed by atoms with E-state index >= 15 is 0 Å². The Morgan fingerprint density at radius 2 is 1.61 bits per heavy atom. The molecule has 0 atom stereocenters. The zero-order valence-electron chi connectivity index (χ0n) is 11.1. The maximum absolute atomic E-state index is 4.57. The Kier molecular flexibility index (Phi) is 3.78. The Morgan fingerprint density at radius 3 is 2.33 bits per heavy atom. The predicted molar refractivity (Wildman–Crippen MR) is 77.2 cm³/mol. The van der Waals surface area contributed by atoms with Gasteiger partial charge in [-0.2, -0.15) is 0 Å². The number of nitrogens with zero attached hydrogens (tertiary/aromatic N) is 2. The standard InChI is InChI=1S/C14H12N2.C2H6/c1-11-7-8-12-9-10-16(14(12)15-11)13-5-3-2-4-6-13;1-2/h2-10H,1H3;1-2H3. The summed E-state index contributed by atoms with van der Waals surface area (Å²) < 4.78 is 2.11. The molecular formula is C16H18N2. The van der Waals surface area contributed by atoms with Crippen molar-refractivity contribution < 1.29 is 0 Å². The van der Waals surface area contributed by atoms with Crippen molar-refractivity contribution >= 4 is 11.0 Å². The highest BCUT2D eigenvalue weighted by Crippen LogP contribution is 2.18. The SMILES string of the molecule is CC.Cc1ccc2ccn(-c3ccccc3)c2n1. The topological polar surface area (TPSA) is 17.8 Å². The van der Waals surface area contributed by atoms with Gasteiger partial charge in [0.15, 0.2) is 0 Å². The highest BCUT2D eigenvalue weighted by molar-refractivity contribution is 5.78. The molecule has 0 unspecified atom stereocenters. The normalized spacial score (nSPS) is 9.94. The van der Waals surface area contributed by atoms with Crippen molar-refractivity contribution in [1.29, 1.82) is 0 Å². The van der Waals surface area contributed by atoms with E-state index in [0.717, 1.165) is 17.0 Å². The molecule has 2 aromatic heterocycles. The monoisotopic (exact) mass is 238 g/mol. The van der Waals surface area contributed by atoms with Crippen molar-refractivity contribution in [3.63, 3.8) is 0 Å².